The molecule has 86 valence electrons. The van der Waals surface area contributed by atoms with Crippen LogP contribution in [0, 0.1) is 11.3 Å². The number of hydrogen-bond acceptors (Lipinski definition) is 4. The van der Waals surface area contributed by atoms with Gasteiger partial charge in [0.15, 0.2) is 0 Å². The minimum absolute atomic E-state index is 0.322. The lowest BCUT2D eigenvalue weighted by Gasteiger charge is -2.05. The summed E-state index contributed by atoms with van der Waals surface area (Å²) in [6, 6.07) is 1.96. The molecule has 0 aliphatic rings. The van der Waals surface area contributed by atoms with Crippen LogP contribution in [-0.2, 0) is 14.1 Å². The molecule has 0 aliphatic heterocycles. The van der Waals surface area contributed by atoms with Crippen molar-refractivity contribution >= 4 is 11.7 Å². The highest BCUT2D eigenvalue weighted by atomic mass is 16.2. The van der Waals surface area contributed by atoms with Crippen molar-refractivity contribution in [2.75, 3.05) is 5.32 Å². The first-order valence-corrected chi connectivity index (χ1v) is 4.83. The molecule has 2 heterocycles. The number of nitriles is 1. The number of anilines is 1. The van der Waals surface area contributed by atoms with Gasteiger partial charge < -0.3 is 9.88 Å². The third kappa shape index (κ3) is 1.88. The van der Waals surface area contributed by atoms with E-state index in [1.165, 1.54) is 23.4 Å². The molecule has 0 aliphatic carbocycles. The molecule has 0 fully saturated rings. The smallest absolute Gasteiger partial charge is 0.275 e. The van der Waals surface area contributed by atoms with Crippen LogP contribution < -0.4 is 5.32 Å². The summed E-state index contributed by atoms with van der Waals surface area (Å²) in [5.74, 6) is 0.0452. The lowest BCUT2D eigenvalue weighted by molar-refractivity contribution is 0.101. The van der Waals surface area contributed by atoms with Crippen molar-refractivity contribution in [3.8, 4) is 6.07 Å². The van der Waals surface area contributed by atoms with Crippen molar-refractivity contribution in [1.82, 2.24) is 19.3 Å². The number of hydrogen-bond donors (Lipinski definition) is 1. The van der Waals surface area contributed by atoms with Gasteiger partial charge in [-0.15, -0.1) is 0 Å². The highest BCUT2D eigenvalue weighted by Crippen LogP contribution is 2.13. The maximum atomic E-state index is 11.9. The Morgan fingerprint density at radius 1 is 1.47 bits per heavy atom. The Morgan fingerprint density at radius 2 is 2.24 bits per heavy atom. The average molecular weight is 230 g/mol. The van der Waals surface area contributed by atoms with Crippen LogP contribution in [0.25, 0.3) is 0 Å². The Hall–Kier alpha value is -2.62. The molecule has 2 aromatic heterocycles. The number of aryl methyl sites for hydroxylation is 2. The maximum absolute atomic E-state index is 11.9. The van der Waals surface area contributed by atoms with Gasteiger partial charge in [-0.2, -0.15) is 10.4 Å². The summed E-state index contributed by atoms with van der Waals surface area (Å²) >= 11 is 0. The molecule has 0 aromatic carbocycles. The van der Waals surface area contributed by atoms with Crippen LogP contribution in [0.1, 0.15) is 16.1 Å². The molecular weight excluding hydrogens is 220 g/mol. The van der Waals surface area contributed by atoms with E-state index in [1.54, 1.807) is 18.7 Å². The van der Waals surface area contributed by atoms with E-state index in [1.807, 2.05) is 6.07 Å². The average Bonchev–Trinajstić information content (AvgIpc) is 2.87. The summed E-state index contributed by atoms with van der Waals surface area (Å²) in [5.41, 5.74) is 0.734. The Balaban J connectivity index is 2.28. The van der Waals surface area contributed by atoms with E-state index >= 15 is 0 Å². The van der Waals surface area contributed by atoms with Gasteiger partial charge in [-0.3, -0.25) is 9.48 Å². The fourth-order valence-corrected chi connectivity index (χ4v) is 1.42. The number of carbonyl (C=O) groups excluding carboxylic acids is 1. The molecule has 1 N–H and O–H groups in total. The molecule has 1 amide bonds. The van der Waals surface area contributed by atoms with Gasteiger partial charge in [0.2, 0.25) is 0 Å². The van der Waals surface area contributed by atoms with Gasteiger partial charge in [-0.1, -0.05) is 0 Å². The summed E-state index contributed by atoms with van der Waals surface area (Å²) in [4.78, 5) is 15.7. The molecular formula is C10H10N6O. The molecule has 2 aromatic rings. The molecule has 17 heavy (non-hydrogen) atoms. The molecule has 0 atom stereocenters. The van der Waals surface area contributed by atoms with Crippen LogP contribution >= 0.6 is 0 Å². The number of carbonyl (C=O) groups is 1. The highest BCUT2D eigenvalue weighted by Gasteiger charge is 2.15. The van der Waals surface area contributed by atoms with Crippen LogP contribution in [0.3, 0.4) is 0 Å². The molecule has 0 saturated heterocycles. The zero-order valence-electron chi connectivity index (χ0n) is 9.38. The number of nitrogens with zero attached hydrogens (tertiary/aromatic N) is 5. The molecule has 0 unspecified atom stereocenters. The number of amides is 1. The standard InChI is InChI=1S/C10H10N6O/c1-15-6-12-5-8(15)10(17)14-9-7(3-11)4-13-16(9)2/h4-6H,1-2H3,(H,14,17). The zero-order valence-corrected chi connectivity index (χ0v) is 9.38. The Morgan fingerprint density at radius 3 is 2.82 bits per heavy atom. The van der Waals surface area contributed by atoms with Crippen molar-refractivity contribution in [1.29, 1.82) is 5.26 Å². The van der Waals surface area contributed by atoms with E-state index < -0.39 is 0 Å². The van der Waals surface area contributed by atoms with Gasteiger partial charge >= 0.3 is 0 Å². The molecule has 0 radical (unpaired) electrons. The van der Waals surface area contributed by atoms with Gasteiger partial charge in [-0.25, -0.2) is 4.98 Å². The maximum Gasteiger partial charge on any atom is 0.275 e. The van der Waals surface area contributed by atoms with Crippen LogP contribution in [0.15, 0.2) is 18.7 Å². The second-order valence-corrected chi connectivity index (χ2v) is 3.49. The highest BCUT2D eigenvalue weighted by molar-refractivity contribution is 6.03. The van der Waals surface area contributed by atoms with Crippen molar-refractivity contribution in [3.63, 3.8) is 0 Å². The first-order chi connectivity index (χ1) is 8.13. The van der Waals surface area contributed by atoms with Crippen LogP contribution in [0.2, 0.25) is 0 Å². The van der Waals surface area contributed by atoms with E-state index in [-0.39, 0.29) is 5.91 Å². The van der Waals surface area contributed by atoms with E-state index in [2.05, 4.69) is 15.4 Å². The lowest BCUT2D eigenvalue weighted by Crippen LogP contribution is -2.18. The molecule has 7 nitrogen and oxygen atoms in total. The van der Waals surface area contributed by atoms with Gasteiger partial charge in [-0.05, 0) is 0 Å². The first kappa shape index (κ1) is 10.9. The van der Waals surface area contributed by atoms with E-state index in [4.69, 9.17) is 5.26 Å². The summed E-state index contributed by atoms with van der Waals surface area (Å²) in [7, 11) is 3.37. The second-order valence-electron chi connectivity index (χ2n) is 3.49. The van der Waals surface area contributed by atoms with Gasteiger partial charge in [0, 0.05) is 14.1 Å². The normalized spacial score (nSPS) is 9.94. The van der Waals surface area contributed by atoms with Crippen molar-refractivity contribution < 1.29 is 4.79 Å². The van der Waals surface area contributed by atoms with E-state index in [0.29, 0.717) is 17.1 Å². The molecule has 7 heteroatoms. The number of rotatable bonds is 2. The third-order valence-corrected chi connectivity index (χ3v) is 2.34. The van der Waals surface area contributed by atoms with Gasteiger partial charge in [0.05, 0.1) is 18.7 Å². The lowest BCUT2D eigenvalue weighted by atomic mass is 10.3. The minimum Gasteiger partial charge on any atom is -0.330 e. The first-order valence-electron chi connectivity index (χ1n) is 4.83. The Bertz CT molecular complexity index is 603. The summed E-state index contributed by atoms with van der Waals surface area (Å²) < 4.78 is 3.03. The van der Waals surface area contributed by atoms with Crippen LogP contribution in [0.4, 0.5) is 5.82 Å². The van der Waals surface area contributed by atoms with Crippen LogP contribution in [-0.4, -0.2) is 25.2 Å². The fourth-order valence-electron chi connectivity index (χ4n) is 1.42. The zero-order chi connectivity index (χ0) is 12.4. The molecule has 0 spiro atoms. The number of nitrogens with one attached hydrogen (secondary N) is 1. The largest absolute Gasteiger partial charge is 0.330 e. The van der Waals surface area contributed by atoms with E-state index in [9.17, 15) is 4.79 Å². The number of imidazole rings is 1. The summed E-state index contributed by atoms with van der Waals surface area (Å²) in [6.07, 6.45) is 4.39. The minimum atomic E-state index is -0.329. The SMILES string of the molecule is Cn1cncc1C(=O)Nc1c(C#N)cnn1C. The topological polar surface area (TPSA) is 88.5 Å². The van der Waals surface area contributed by atoms with Crippen molar-refractivity contribution in [3.05, 3.63) is 30.0 Å². The summed E-state index contributed by atoms with van der Waals surface area (Å²) in [5, 5.41) is 15.4. The second kappa shape index (κ2) is 4.09. The predicted octanol–water partition coefficient (Wildman–Crippen LogP) is 0.278. The van der Waals surface area contributed by atoms with E-state index in [0.717, 1.165) is 0 Å². The monoisotopic (exact) mass is 230 g/mol. The molecule has 0 saturated carbocycles. The third-order valence-electron chi connectivity index (χ3n) is 2.34. The van der Waals surface area contributed by atoms with Crippen molar-refractivity contribution in [2.45, 2.75) is 0 Å². The number of aromatic nitrogens is 4. The quantitative estimate of drug-likeness (QED) is 0.802. The Labute approximate surface area is 97.3 Å². The predicted molar refractivity (Wildman–Crippen MR) is 59.1 cm³/mol. The van der Waals surface area contributed by atoms with Gasteiger partial charge in [0.1, 0.15) is 23.1 Å². The van der Waals surface area contributed by atoms with Crippen LogP contribution in [0.5, 0.6) is 0 Å². The van der Waals surface area contributed by atoms with Crippen molar-refractivity contribution in [2.24, 2.45) is 14.1 Å². The summed E-state index contributed by atoms with van der Waals surface area (Å²) in [6.45, 7) is 0. The Kier molecular flexibility index (Phi) is 2.62. The molecule has 0 bridgehead atoms. The fraction of sp³-hybridized carbons (Fsp3) is 0.200. The molecule has 2 rings (SSSR count). The van der Waals surface area contributed by atoms with Gasteiger partial charge in [0.25, 0.3) is 5.91 Å².